The summed E-state index contributed by atoms with van der Waals surface area (Å²) in [6.45, 7) is 4.23. The lowest BCUT2D eigenvalue weighted by molar-refractivity contribution is 0.0526. The topological polar surface area (TPSA) is 92.7 Å². The Bertz CT molecular complexity index is 1280. The van der Waals surface area contributed by atoms with Crippen LogP contribution in [0.25, 0.3) is 0 Å². The summed E-state index contributed by atoms with van der Waals surface area (Å²) in [6.07, 6.45) is -0.0546. The molecule has 0 spiro atoms. The van der Waals surface area contributed by atoms with E-state index in [2.05, 4.69) is 5.32 Å². The van der Waals surface area contributed by atoms with Crippen LogP contribution in [0.2, 0.25) is 10.0 Å². The fraction of sp³-hybridized carbons (Fsp3) is 0.269. The van der Waals surface area contributed by atoms with Crippen molar-refractivity contribution >= 4 is 39.0 Å². The first kappa shape index (κ1) is 27.2. The highest BCUT2D eigenvalue weighted by Gasteiger charge is 2.22. The zero-order valence-electron chi connectivity index (χ0n) is 19.4. The van der Waals surface area contributed by atoms with Gasteiger partial charge < -0.3 is 15.2 Å². The molecular weight excluding hydrogens is 509 g/mol. The lowest BCUT2D eigenvalue weighted by atomic mass is 10.1. The number of esters is 1. The van der Waals surface area contributed by atoms with Gasteiger partial charge in [-0.05, 0) is 73.9 Å². The second-order valence-corrected chi connectivity index (χ2v) is 10.9. The van der Waals surface area contributed by atoms with Gasteiger partial charge >= 0.3 is 5.97 Å². The van der Waals surface area contributed by atoms with Crippen LogP contribution in [0.1, 0.15) is 41.4 Å². The number of rotatable bonds is 10. The normalized spacial score (nSPS) is 13.3. The highest BCUT2D eigenvalue weighted by molar-refractivity contribution is 7.91. The summed E-state index contributed by atoms with van der Waals surface area (Å²) >= 11 is 12.2. The van der Waals surface area contributed by atoms with Crippen LogP contribution in [0.3, 0.4) is 0 Å². The molecule has 2 N–H and O–H groups in total. The van der Waals surface area contributed by atoms with Crippen LogP contribution in [0.4, 0.5) is 0 Å². The monoisotopic (exact) mass is 535 g/mol. The molecule has 0 aliphatic rings. The van der Waals surface area contributed by atoms with Gasteiger partial charge in [-0.1, -0.05) is 47.5 Å². The van der Waals surface area contributed by atoms with Crippen LogP contribution in [-0.4, -0.2) is 38.7 Å². The highest BCUT2D eigenvalue weighted by atomic mass is 35.5. The molecule has 0 radical (unpaired) electrons. The third-order valence-corrected chi connectivity index (χ3v) is 7.89. The number of carbonyl (C=O) groups is 1. The Morgan fingerprint density at radius 3 is 2.40 bits per heavy atom. The number of benzene rings is 3. The molecule has 0 unspecified atom stereocenters. The van der Waals surface area contributed by atoms with Crippen LogP contribution >= 0.6 is 23.2 Å². The van der Waals surface area contributed by atoms with Gasteiger partial charge in [0.15, 0.2) is 0 Å². The van der Waals surface area contributed by atoms with Gasteiger partial charge in [0, 0.05) is 17.6 Å². The van der Waals surface area contributed by atoms with Crippen LogP contribution in [-0.2, 0) is 21.0 Å². The minimum atomic E-state index is -3.87. The van der Waals surface area contributed by atoms with E-state index in [4.69, 9.17) is 27.9 Å². The van der Waals surface area contributed by atoms with Gasteiger partial charge in [-0.25, -0.2) is 13.2 Å². The minimum absolute atomic E-state index is 0.0381. The molecule has 0 aliphatic heterocycles. The van der Waals surface area contributed by atoms with E-state index in [0.29, 0.717) is 18.0 Å². The van der Waals surface area contributed by atoms with E-state index in [1.807, 2.05) is 13.0 Å². The number of carbonyl (C=O) groups excluding carboxylic acids is 1. The number of halogens is 2. The maximum Gasteiger partial charge on any atom is 0.338 e. The van der Waals surface area contributed by atoms with Crippen molar-refractivity contribution in [2.45, 2.75) is 42.2 Å². The first-order chi connectivity index (χ1) is 16.6. The molecule has 0 aromatic heterocycles. The minimum Gasteiger partial charge on any atom is -0.462 e. The molecule has 186 valence electrons. The van der Waals surface area contributed by atoms with Crippen molar-refractivity contribution in [3.8, 4) is 0 Å². The van der Waals surface area contributed by atoms with Crippen molar-refractivity contribution in [2.75, 3.05) is 13.2 Å². The molecule has 3 aromatic rings. The Morgan fingerprint density at radius 1 is 1.06 bits per heavy atom. The fourth-order valence-corrected chi connectivity index (χ4v) is 5.56. The Labute approximate surface area is 215 Å². The van der Waals surface area contributed by atoms with E-state index in [9.17, 15) is 18.3 Å². The Morgan fingerprint density at radius 2 is 1.77 bits per heavy atom. The lowest BCUT2D eigenvalue weighted by Crippen LogP contribution is -2.32. The lowest BCUT2D eigenvalue weighted by Gasteiger charge is -2.18. The number of aliphatic hydroxyl groups is 1. The second kappa shape index (κ2) is 12.0. The van der Waals surface area contributed by atoms with Gasteiger partial charge in [0.25, 0.3) is 0 Å². The molecule has 0 heterocycles. The van der Waals surface area contributed by atoms with Crippen LogP contribution in [0, 0.1) is 0 Å². The Hall–Kier alpha value is -2.42. The van der Waals surface area contributed by atoms with E-state index in [0.717, 1.165) is 11.1 Å². The highest BCUT2D eigenvalue weighted by Crippen LogP contribution is 2.29. The van der Waals surface area contributed by atoms with Crippen molar-refractivity contribution in [3.63, 3.8) is 0 Å². The molecule has 9 heteroatoms. The van der Waals surface area contributed by atoms with Gasteiger partial charge in [0.1, 0.15) is 0 Å². The van der Waals surface area contributed by atoms with E-state index in [-0.39, 0.29) is 33.0 Å². The SMILES string of the molecule is CCOC(=O)c1ccc(S(=O)(=O)c2ccc(C[C@@H](C)NC[C@@H](O)c3cccc(Cl)c3)cc2)c(Cl)c1. The third kappa shape index (κ3) is 7.06. The fourth-order valence-electron chi connectivity index (χ4n) is 3.56. The molecule has 0 bridgehead atoms. The molecule has 0 amide bonds. The Balaban J connectivity index is 1.64. The molecule has 0 aliphatic carbocycles. The smallest absolute Gasteiger partial charge is 0.338 e. The summed E-state index contributed by atoms with van der Waals surface area (Å²) < 4.78 is 31.1. The van der Waals surface area contributed by atoms with E-state index >= 15 is 0 Å². The first-order valence-corrected chi connectivity index (χ1v) is 13.3. The standard InChI is InChI=1S/C26H27Cl2NO5S/c1-3-34-26(31)20-9-12-25(23(28)15-20)35(32,33)22-10-7-18(8-11-22)13-17(2)29-16-24(30)19-5-4-6-21(27)14-19/h4-12,14-15,17,24,29-30H,3,13,16H2,1-2H3/t17-,24-/m1/s1. The number of aliphatic hydroxyl groups excluding tert-OH is 1. The molecule has 0 fully saturated rings. The molecule has 3 aromatic carbocycles. The quantitative estimate of drug-likeness (QED) is 0.344. The van der Waals surface area contributed by atoms with Crippen molar-refractivity contribution < 1.29 is 23.1 Å². The number of sulfone groups is 1. The second-order valence-electron chi connectivity index (χ2n) is 8.10. The molecule has 0 saturated carbocycles. The summed E-state index contributed by atoms with van der Waals surface area (Å²) in [5, 5.41) is 14.2. The van der Waals surface area contributed by atoms with Gasteiger partial charge in [-0.3, -0.25) is 0 Å². The van der Waals surface area contributed by atoms with Crippen molar-refractivity contribution in [3.05, 3.63) is 93.5 Å². The van der Waals surface area contributed by atoms with E-state index in [1.165, 1.54) is 30.3 Å². The van der Waals surface area contributed by atoms with Gasteiger partial charge in [-0.2, -0.15) is 0 Å². The zero-order chi connectivity index (χ0) is 25.6. The van der Waals surface area contributed by atoms with Gasteiger partial charge in [-0.15, -0.1) is 0 Å². The van der Waals surface area contributed by atoms with Crippen molar-refractivity contribution in [2.24, 2.45) is 0 Å². The predicted octanol–water partition coefficient (Wildman–Crippen LogP) is 5.26. The predicted molar refractivity (Wildman–Crippen MR) is 137 cm³/mol. The molecular formula is C26H27Cl2NO5S. The number of nitrogens with one attached hydrogen (secondary N) is 1. The maximum atomic E-state index is 13.1. The van der Waals surface area contributed by atoms with Crippen LogP contribution in [0.5, 0.6) is 0 Å². The molecule has 35 heavy (non-hydrogen) atoms. The number of hydrogen-bond donors (Lipinski definition) is 2. The molecule has 6 nitrogen and oxygen atoms in total. The molecule has 2 atom stereocenters. The summed E-state index contributed by atoms with van der Waals surface area (Å²) in [5.41, 5.74) is 1.86. The first-order valence-electron chi connectivity index (χ1n) is 11.1. The average Bonchev–Trinajstić information content (AvgIpc) is 2.82. The number of hydrogen-bond acceptors (Lipinski definition) is 6. The van der Waals surface area contributed by atoms with E-state index < -0.39 is 21.9 Å². The summed E-state index contributed by atoms with van der Waals surface area (Å²) in [6, 6.07) is 17.7. The van der Waals surface area contributed by atoms with Crippen molar-refractivity contribution in [1.29, 1.82) is 0 Å². The summed E-state index contributed by atoms with van der Waals surface area (Å²) in [5.74, 6) is -0.564. The zero-order valence-corrected chi connectivity index (χ0v) is 21.7. The summed E-state index contributed by atoms with van der Waals surface area (Å²) in [4.78, 5) is 11.9. The largest absolute Gasteiger partial charge is 0.462 e. The average molecular weight is 536 g/mol. The van der Waals surface area contributed by atoms with Gasteiger partial charge in [0.05, 0.1) is 33.1 Å². The molecule has 0 saturated heterocycles. The van der Waals surface area contributed by atoms with Crippen LogP contribution < -0.4 is 5.32 Å². The van der Waals surface area contributed by atoms with E-state index in [1.54, 1.807) is 37.3 Å². The maximum absolute atomic E-state index is 13.1. The van der Waals surface area contributed by atoms with Crippen LogP contribution in [0.15, 0.2) is 76.5 Å². The van der Waals surface area contributed by atoms with Crippen molar-refractivity contribution in [1.82, 2.24) is 5.32 Å². The third-order valence-electron chi connectivity index (χ3n) is 5.40. The van der Waals surface area contributed by atoms with Gasteiger partial charge in [0.2, 0.25) is 9.84 Å². The Kier molecular flexibility index (Phi) is 9.33. The molecule has 3 rings (SSSR count). The number of ether oxygens (including phenoxy) is 1. The summed E-state index contributed by atoms with van der Waals surface area (Å²) in [7, 11) is -3.87.